The van der Waals surface area contributed by atoms with Crippen LogP contribution in [0.1, 0.15) is 51.3 Å². The van der Waals surface area contributed by atoms with Gasteiger partial charge in [-0.3, -0.25) is 9.48 Å². The van der Waals surface area contributed by atoms with E-state index in [4.69, 9.17) is 0 Å². The Morgan fingerprint density at radius 1 is 1.35 bits per heavy atom. The van der Waals surface area contributed by atoms with Crippen molar-refractivity contribution in [2.75, 3.05) is 0 Å². The molecule has 1 aliphatic rings. The second kappa shape index (κ2) is 5.17. The van der Waals surface area contributed by atoms with E-state index in [9.17, 15) is 4.79 Å². The van der Waals surface area contributed by atoms with Gasteiger partial charge >= 0.3 is 0 Å². The number of halogens is 1. The molecule has 0 atom stereocenters. The Balaban J connectivity index is 2.44. The van der Waals surface area contributed by atoms with Gasteiger partial charge in [-0.15, -0.1) is 0 Å². The number of hydrogen-bond acceptors (Lipinski definition) is 2. The number of rotatable bonds is 2. The molecule has 4 heteroatoms. The largest absolute Gasteiger partial charge is 0.295 e. The maximum atomic E-state index is 11.7. The molecule has 0 radical (unpaired) electrons. The van der Waals surface area contributed by atoms with Crippen molar-refractivity contribution in [2.24, 2.45) is 0 Å². The molecule has 0 unspecified atom stereocenters. The Morgan fingerprint density at radius 2 is 2.06 bits per heavy atom. The van der Waals surface area contributed by atoms with E-state index in [1.165, 1.54) is 0 Å². The lowest BCUT2D eigenvalue weighted by Gasteiger charge is -2.13. The second-order valence-corrected chi connectivity index (χ2v) is 5.58. The summed E-state index contributed by atoms with van der Waals surface area (Å²) in [7, 11) is 0. The van der Waals surface area contributed by atoms with Crippen molar-refractivity contribution in [1.82, 2.24) is 9.78 Å². The van der Waals surface area contributed by atoms with Gasteiger partial charge in [0.1, 0.15) is 0 Å². The van der Waals surface area contributed by atoms with Gasteiger partial charge in [-0.1, -0.05) is 0 Å². The average Bonchev–Trinajstić information content (AvgIpc) is 2.52. The number of carbonyl (C=O) groups is 1. The Morgan fingerprint density at radius 3 is 2.76 bits per heavy atom. The van der Waals surface area contributed by atoms with Gasteiger partial charge in [-0.05, 0) is 60.7 Å². The quantitative estimate of drug-likeness (QED) is 0.833. The number of allylic oxidation sites excluding steroid dienone is 2. The smallest absolute Gasteiger partial charge is 0.156 e. The first-order valence-electron chi connectivity index (χ1n) is 6.06. The first kappa shape index (κ1) is 12.6. The molecule has 0 amide bonds. The molecule has 1 heterocycles. The Bertz CT molecular complexity index is 460. The number of carbonyl (C=O) groups excluding carboxylic acids is 1. The van der Waals surface area contributed by atoms with E-state index in [-0.39, 0.29) is 5.78 Å². The Hall–Kier alpha value is -0.900. The molecule has 0 spiro atoms. The zero-order valence-electron chi connectivity index (χ0n) is 10.2. The van der Waals surface area contributed by atoms with Gasteiger partial charge in [0, 0.05) is 12.5 Å². The molecule has 0 bridgehead atoms. The van der Waals surface area contributed by atoms with Crippen molar-refractivity contribution < 1.29 is 4.79 Å². The van der Waals surface area contributed by atoms with Gasteiger partial charge in [-0.25, -0.2) is 0 Å². The van der Waals surface area contributed by atoms with Crippen LogP contribution in [0.5, 0.6) is 0 Å². The van der Waals surface area contributed by atoms with E-state index in [1.54, 1.807) is 6.08 Å². The minimum Gasteiger partial charge on any atom is -0.295 e. The summed E-state index contributed by atoms with van der Waals surface area (Å²) in [5.41, 5.74) is 2.18. The summed E-state index contributed by atoms with van der Waals surface area (Å²) in [4.78, 5) is 11.7. The minimum absolute atomic E-state index is 0.237. The molecule has 2 rings (SSSR count). The third-order valence-corrected chi connectivity index (χ3v) is 3.58. The first-order chi connectivity index (χ1) is 8.09. The standard InChI is InChI=1S/C13H17BrN2O/c1-9(2)16-13(12(14)8-15-16)10-5-3-4-6-11(17)7-10/h7-9H,3-6H2,1-2H3. The van der Waals surface area contributed by atoms with Crippen LogP contribution in [-0.2, 0) is 4.79 Å². The molecule has 1 aliphatic carbocycles. The van der Waals surface area contributed by atoms with Crippen molar-refractivity contribution in [1.29, 1.82) is 0 Å². The summed E-state index contributed by atoms with van der Waals surface area (Å²) >= 11 is 3.53. The third kappa shape index (κ3) is 2.68. The van der Waals surface area contributed by atoms with Crippen molar-refractivity contribution >= 4 is 27.3 Å². The van der Waals surface area contributed by atoms with Gasteiger partial charge in [-0.2, -0.15) is 5.10 Å². The van der Waals surface area contributed by atoms with E-state index in [0.29, 0.717) is 12.5 Å². The van der Waals surface area contributed by atoms with Crippen LogP contribution >= 0.6 is 15.9 Å². The van der Waals surface area contributed by atoms with Crippen molar-refractivity contribution in [3.63, 3.8) is 0 Å². The van der Waals surface area contributed by atoms with Crippen LogP contribution in [0, 0.1) is 0 Å². The maximum Gasteiger partial charge on any atom is 0.156 e. The molecular formula is C13H17BrN2O. The van der Waals surface area contributed by atoms with E-state index >= 15 is 0 Å². The fourth-order valence-corrected chi connectivity index (χ4v) is 2.70. The Labute approximate surface area is 110 Å². The molecule has 17 heavy (non-hydrogen) atoms. The van der Waals surface area contributed by atoms with Crippen LogP contribution in [0.25, 0.3) is 5.57 Å². The van der Waals surface area contributed by atoms with Gasteiger partial charge in [0.2, 0.25) is 0 Å². The molecule has 0 aromatic carbocycles. The summed E-state index contributed by atoms with van der Waals surface area (Å²) in [6.45, 7) is 4.20. The summed E-state index contributed by atoms with van der Waals surface area (Å²) in [5.74, 6) is 0.237. The first-order valence-corrected chi connectivity index (χ1v) is 6.85. The molecule has 0 saturated heterocycles. The molecular weight excluding hydrogens is 280 g/mol. The highest BCUT2D eigenvalue weighted by Gasteiger charge is 2.18. The highest BCUT2D eigenvalue weighted by molar-refractivity contribution is 9.10. The van der Waals surface area contributed by atoms with Gasteiger partial charge in [0.15, 0.2) is 5.78 Å². The number of hydrogen-bond donors (Lipinski definition) is 0. The maximum absolute atomic E-state index is 11.7. The molecule has 0 aliphatic heterocycles. The second-order valence-electron chi connectivity index (χ2n) is 4.72. The molecule has 1 aromatic heterocycles. The summed E-state index contributed by atoms with van der Waals surface area (Å²) in [5, 5.41) is 4.36. The van der Waals surface area contributed by atoms with Crippen molar-refractivity contribution in [3.8, 4) is 0 Å². The van der Waals surface area contributed by atoms with Gasteiger partial charge in [0.25, 0.3) is 0 Å². The van der Waals surface area contributed by atoms with Crippen LogP contribution in [0.2, 0.25) is 0 Å². The lowest BCUT2D eigenvalue weighted by Crippen LogP contribution is -2.07. The van der Waals surface area contributed by atoms with E-state index in [2.05, 4.69) is 34.9 Å². The van der Waals surface area contributed by atoms with E-state index in [0.717, 1.165) is 35.0 Å². The minimum atomic E-state index is 0.237. The average molecular weight is 297 g/mol. The number of nitrogens with zero attached hydrogens (tertiary/aromatic N) is 2. The normalized spacial score (nSPS) is 17.2. The van der Waals surface area contributed by atoms with E-state index in [1.807, 2.05) is 10.9 Å². The van der Waals surface area contributed by atoms with Crippen molar-refractivity contribution in [2.45, 2.75) is 45.6 Å². The van der Waals surface area contributed by atoms with Crippen LogP contribution in [0.4, 0.5) is 0 Å². The molecule has 3 nitrogen and oxygen atoms in total. The molecule has 0 fully saturated rings. The lowest BCUT2D eigenvalue weighted by molar-refractivity contribution is -0.114. The van der Waals surface area contributed by atoms with Gasteiger partial charge in [0.05, 0.1) is 16.4 Å². The van der Waals surface area contributed by atoms with Crippen LogP contribution in [0.15, 0.2) is 16.7 Å². The summed E-state index contributed by atoms with van der Waals surface area (Å²) in [6, 6.07) is 0.301. The summed E-state index contributed by atoms with van der Waals surface area (Å²) < 4.78 is 2.96. The topological polar surface area (TPSA) is 34.9 Å². The zero-order valence-corrected chi connectivity index (χ0v) is 11.8. The monoisotopic (exact) mass is 296 g/mol. The van der Waals surface area contributed by atoms with Gasteiger partial charge < -0.3 is 0 Å². The molecule has 0 saturated carbocycles. The summed E-state index contributed by atoms with van der Waals surface area (Å²) in [6.07, 6.45) is 7.32. The van der Waals surface area contributed by atoms with Crippen molar-refractivity contribution in [3.05, 3.63) is 22.4 Å². The molecule has 92 valence electrons. The van der Waals surface area contributed by atoms with Crippen LogP contribution in [-0.4, -0.2) is 15.6 Å². The molecule has 0 N–H and O–H groups in total. The highest BCUT2D eigenvalue weighted by Crippen LogP contribution is 2.31. The van der Waals surface area contributed by atoms with Crippen LogP contribution < -0.4 is 0 Å². The van der Waals surface area contributed by atoms with Crippen LogP contribution in [0.3, 0.4) is 0 Å². The third-order valence-electron chi connectivity index (χ3n) is 3.00. The highest BCUT2D eigenvalue weighted by atomic mass is 79.9. The fraction of sp³-hybridized carbons (Fsp3) is 0.538. The number of aromatic nitrogens is 2. The van der Waals surface area contributed by atoms with E-state index < -0.39 is 0 Å². The zero-order chi connectivity index (χ0) is 12.4. The fourth-order valence-electron chi connectivity index (χ4n) is 2.17. The predicted octanol–water partition coefficient (Wildman–Crippen LogP) is 3.75. The number of ketones is 1. The lowest BCUT2D eigenvalue weighted by atomic mass is 10.1. The predicted molar refractivity (Wildman–Crippen MR) is 71.8 cm³/mol. The Kier molecular flexibility index (Phi) is 3.82. The SMILES string of the molecule is CC(C)n1ncc(Br)c1C1=CC(=O)CCCC1. The molecule has 1 aromatic rings.